The molecule has 0 saturated heterocycles. The van der Waals surface area contributed by atoms with Crippen molar-refractivity contribution < 1.29 is 9.09 Å². The van der Waals surface area contributed by atoms with E-state index in [0.29, 0.717) is 12.5 Å². The molecular weight excluding hydrogens is 251 g/mol. The first-order valence-electron chi connectivity index (χ1n) is 4.77. The van der Waals surface area contributed by atoms with Crippen LogP contribution in [0.25, 0.3) is 0 Å². The van der Waals surface area contributed by atoms with Gasteiger partial charge in [0.25, 0.3) is 0 Å². The zero-order valence-corrected chi connectivity index (χ0v) is 12.1. The van der Waals surface area contributed by atoms with E-state index in [2.05, 4.69) is 23.9 Å². The van der Waals surface area contributed by atoms with Gasteiger partial charge in [0.1, 0.15) is 0 Å². The molecule has 0 aromatic carbocycles. The maximum atomic E-state index is 12.0. The van der Waals surface area contributed by atoms with Crippen LogP contribution in [-0.4, -0.2) is 25.7 Å². The Kier molecular flexibility index (Phi) is 8.71. The molecule has 0 bridgehead atoms. The topological polar surface area (TPSA) is 50.7 Å². The van der Waals surface area contributed by atoms with Gasteiger partial charge >= 0.3 is 6.72 Å². The van der Waals surface area contributed by atoms with Gasteiger partial charge in [-0.1, -0.05) is 24.6 Å². The quantitative estimate of drug-likeness (QED) is 0.317. The molecule has 0 aromatic heterocycles. The number of nitrogens with one attached hydrogen (secondary N) is 1. The molecule has 0 aliphatic heterocycles. The number of nitrogens with zero attached hydrogens (tertiary/aromatic N) is 1. The van der Waals surface area contributed by atoms with Crippen molar-refractivity contribution in [1.29, 1.82) is 0 Å². The highest BCUT2D eigenvalue weighted by Crippen LogP contribution is 2.60. The van der Waals surface area contributed by atoms with Gasteiger partial charge < -0.3 is 4.52 Å². The summed E-state index contributed by atoms with van der Waals surface area (Å²) in [4.78, 5) is 4.11. The van der Waals surface area contributed by atoms with Crippen molar-refractivity contribution in [3.8, 4) is 0 Å². The molecule has 1 atom stereocenters. The maximum absolute atomic E-state index is 12.0. The van der Waals surface area contributed by atoms with Crippen molar-refractivity contribution in [2.45, 2.75) is 20.8 Å². The van der Waals surface area contributed by atoms with Gasteiger partial charge in [0, 0.05) is 17.0 Å². The van der Waals surface area contributed by atoms with Gasteiger partial charge in [0.05, 0.1) is 12.9 Å². The Bertz CT molecular complexity index is 227. The zero-order chi connectivity index (χ0) is 11.7. The molecular formula is C8H19N2O2PS2. The average Bonchev–Trinajstić information content (AvgIpc) is 2.13. The van der Waals surface area contributed by atoms with Gasteiger partial charge in [-0.25, -0.2) is 0 Å². The lowest BCUT2D eigenvalue weighted by molar-refractivity contribution is 0.343. The molecule has 0 fully saturated rings. The standard InChI is InChI=1S/C8H19N2O2PS2/c1-5-12-13(11,15-14-4)10-7-9-6-8(2)3/h7-8H,5-6H2,1-4H3,(H,9,10,11). The molecule has 0 radical (unpaired) electrons. The van der Waals surface area contributed by atoms with E-state index >= 15 is 0 Å². The van der Waals surface area contributed by atoms with Gasteiger partial charge in [-0.05, 0) is 19.1 Å². The van der Waals surface area contributed by atoms with Crippen molar-refractivity contribution >= 4 is 34.3 Å². The minimum atomic E-state index is -2.80. The summed E-state index contributed by atoms with van der Waals surface area (Å²) in [5.41, 5.74) is 0. The molecule has 0 aliphatic rings. The van der Waals surface area contributed by atoms with E-state index < -0.39 is 6.72 Å². The highest BCUT2D eigenvalue weighted by Gasteiger charge is 2.21. The maximum Gasteiger partial charge on any atom is 0.362 e. The minimum Gasteiger partial charge on any atom is -0.306 e. The molecule has 0 saturated carbocycles. The molecule has 0 aliphatic carbocycles. The second kappa shape index (κ2) is 8.50. The fourth-order valence-electron chi connectivity index (χ4n) is 0.723. The van der Waals surface area contributed by atoms with E-state index in [1.165, 1.54) is 27.5 Å². The fourth-order valence-corrected chi connectivity index (χ4v) is 5.49. The first kappa shape index (κ1) is 15.4. The summed E-state index contributed by atoms with van der Waals surface area (Å²) in [7, 11) is 2.63. The second-order valence-electron chi connectivity index (χ2n) is 3.17. The second-order valence-corrected chi connectivity index (χ2v) is 9.40. The van der Waals surface area contributed by atoms with Crippen molar-refractivity contribution in [3.63, 3.8) is 0 Å². The van der Waals surface area contributed by atoms with Crippen molar-refractivity contribution in [3.05, 3.63) is 0 Å². The van der Waals surface area contributed by atoms with Gasteiger partial charge in [0.15, 0.2) is 0 Å². The van der Waals surface area contributed by atoms with E-state index in [-0.39, 0.29) is 0 Å². The van der Waals surface area contributed by atoms with E-state index in [4.69, 9.17) is 4.52 Å². The van der Waals surface area contributed by atoms with E-state index in [0.717, 1.165) is 6.54 Å². The van der Waals surface area contributed by atoms with Gasteiger partial charge in [-0.3, -0.25) is 14.6 Å². The number of hydrogen-bond acceptors (Lipinski definition) is 5. The predicted molar refractivity (Wildman–Crippen MR) is 71.7 cm³/mol. The molecule has 7 heteroatoms. The number of rotatable bonds is 8. The van der Waals surface area contributed by atoms with Crippen LogP contribution in [0.15, 0.2) is 4.99 Å². The minimum absolute atomic E-state index is 0.426. The Morgan fingerprint density at radius 1 is 1.60 bits per heavy atom. The van der Waals surface area contributed by atoms with Gasteiger partial charge in [0.2, 0.25) is 0 Å². The summed E-state index contributed by atoms with van der Waals surface area (Å²) in [5, 5.41) is 2.74. The lowest BCUT2D eigenvalue weighted by Crippen LogP contribution is -2.08. The summed E-state index contributed by atoms with van der Waals surface area (Å²) in [6, 6.07) is 0. The summed E-state index contributed by atoms with van der Waals surface area (Å²) in [5.74, 6) is 0.503. The number of aliphatic imine (C=N–C) groups is 1. The Labute approximate surface area is 99.7 Å². The summed E-state index contributed by atoms with van der Waals surface area (Å²) in [6.07, 6.45) is 3.35. The van der Waals surface area contributed by atoms with Crippen LogP contribution in [-0.2, 0) is 9.09 Å². The van der Waals surface area contributed by atoms with E-state index in [1.807, 2.05) is 13.2 Å². The molecule has 4 nitrogen and oxygen atoms in total. The highest BCUT2D eigenvalue weighted by molar-refractivity contribution is 8.98. The van der Waals surface area contributed by atoms with Crippen LogP contribution in [0.2, 0.25) is 0 Å². The molecule has 90 valence electrons. The summed E-state index contributed by atoms with van der Waals surface area (Å²) >= 11 is 0. The molecule has 0 spiro atoms. The molecule has 0 heterocycles. The molecule has 1 unspecified atom stereocenters. The molecule has 0 aromatic rings. The number of hydrogen-bond donors (Lipinski definition) is 1. The molecule has 1 N–H and O–H groups in total. The Morgan fingerprint density at radius 2 is 2.27 bits per heavy atom. The van der Waals surface area contributed by atoms with Crippen molar-refractivity contribution in [2.75, 3.05) is 19.4 Å². The van der Waals surface area contributed by atoms with Crippen LogP contribution < -0.4 is 5.09 Å². The van der Waals surface area contributed by atoms with Crippen LogP contribution in [0.1, 0.15) is 20.8 Å². The zero-order valence-electron chi connectivity index (χ0n) is 9.60. The van der Waals surface area contributed by atoms with E-state index in [9.17, 15) is 4.57 Å². The lowest BCUT2D eigenvalue weighted by Gasteiger charge is -2.14. The first-order valence-corrected chi connectivity index (χ1v) is 9.56. The largest absolute Gasteiger partial charge is 0.362 e. The third kappa shape index (κ3) is 8.20. The summed E-state index contributed by atoms with van der Waals surface area (Å²) in [6.45, 7) is 4.33. The fraction of sp³-hybridized carbons (Fsp3) is 0.875. The third-order valence-electron chi connectivity index (χ3n) is 1.25. The van der Waals surface area contributed by atoms with Gasteiger partial charge in [-0.2, -0.15) is 0 Å². The van der Waals surface area contributed by atoms with Crippen LogP contribution in [0.4, 0.5) is 0 Å². The molecule has 15 heavy (non-hydrogen) atoms. The SMILES string of the molecule is CCOP(=O)(NC=NCC(C)C)SSC. The first-order chi connectivity index (χ1) is 7.04. The lowest BCUT2D eigenvalue weighted by atomic mass is 10.2. The van der Waals surface area contributed by atoms with Crippen molar-refractivity contribution in [2.24, 2.45) is 10.9 Å². The highest BCUT2D eigenvalue weighted by atomic mass is 33.3. The summed E-state index contributed by atoms with van der Waals surface area (Å²) < 4.78 is 17.1. The van der Waals surface area contributed by atoms with Crippen LogP contribution in [0.3, 0.4) is 0 Å². The monoisotopic (exact) mass is 270 g/mol. The normalized spacial score (nSPS) is 15.8. The van der Waals surface area contributed by atoms with E-state index in [1.54, 1.807) is 0 Å². The third-order valence-corrected chi connectivity index (χ3v) is 7.40. The Hall–Kier alpha value is 0.360. The van der Waals surface area contributed by atoms with Gasteiger partial charge in [-0.15, -0.1) is 0 Å². The van der Waals surface area contributed by atoms with Crippen molar-refractivity contribution in [1.82, 2.24) is 5.09 Å². The predicted octanol–water partition coefficient (Wildman–Crippen LogP) is 3.42. The van der Waals surface area contributed by atoms with Crippen LogP contribution >= 0.6 is 27.9 Å². The average molecular weight is 270 g/mol. The van der Waals surface area contributed by atoms with Crippen LogP contribution in [0.5, 0.6) is 0 Å². The Balaban J connectivity index is 4.06. The Morgan fingerprint density at radius 3 is 2.73 bits per heavy atom. The van der Waals surface area contributed by atoms with Crippen LogP contribution in [0, 0.1) is 5.92 Å². The molecule has 0 rings (SSSR count). The molecule has 0 amide bonds. The smallest absolute Gasteiger partial charge is 0.306 e.